The van der Waals surface area contributed by atoms with Crippen LogP contribution < -0.4 is 0 Å². The topological polar surface area (TPSA) is 63.6 Å². The molecule has 0 aliphatic carbocycles. The van der Waals surface area contributed by atoms with Crippen molar-refractivity contribution >= 4 is 11.9 Å². The number of carbonyl (C=O) groups excluding carboxylic acids is 1. The molecule has 0 radical (unpaired) electrons. The molecule has 0 bridgehead atoms. The van der Waals surface area contributed by atoms with Crippen molar-refractivity contribution in [2.45, 2.75) is 64.2 Å². The van der Waals surface area contributed by atoms with Crippen LogP contribution in [0.3, 0.4) is 0 Å². The molecule has 4 nitrogen and oxygen atoms in total. The zero-order chi connectivity index (χ0) is 18.3. The summed E-state index contributed by atoms with van der Waals surface area (Å²) in [6, 6.07) is 8.82. The van der Waals surface area contributed by atoms with Gasteiger partial charge in [-0.2, -0.15) is 0 Å². The Kier molecular flexibility index (Phi) is 10.8. The van der Waals surface area contributed by atoms with E-state index in [2.05, 4.69) is 18.8 Å². The molecule has 4 heteroatoms. The second-order valence-electron chi connectivity index (χ2n) is 6.00. The maximum Gasteiger partial charge on any atom is 0.314 e. The van der Waals surface area contributed by atoms with Crippen molar-refractivity contribution < 1.29 is 19.4 Å². The molecule has 0 aliphatic heterocycles. The molecule has 0 saturated carbocycles. The van der Waals surface area contributed by atoms with Gasteiger partial charge in [-0.3, -0.25) is 9.59 Å². The fourth-order valence-corrected chi connectivity index (χ4v) is 2.37. The molecule has 1 aromatic carbocycles. The Bertz CT molecular complexity index is 569. The maximum atomic E-state index is 11.8. The van der Waals surface area contributed by atoms with Crippen molar-refractivity contribution in [2.24, 2.45) is 0 Å². The van der Waals surface area contributed by atoms with Gasteiger partial charge in [0.25, 0.3) is 0 Å². The van der Waals surface area contributed by atoms with Crippen LogP contribution in [0, 0.1) is 11.8 Å². The van der Waals surface area contributed by atoms with Crippen molar-refractivity contribution in [3.8, 4) is 11.8 Å². The summed E-state index contributed by atoms with van der Waals surface area (Å²) in [7, 11) is 0. The van der Waals surface area contributed by atoms with E-state index in [0.29, 0.717) is 18.4 Å². The molecule has 1 rings (SSSR count). The predicted molar refractivity (Wildman–Crippen MR) is 98.2 cm³/mol. The van der Waals surface area contributed by atoms with E-state index in [1.54, 1.807) is 24.3 Å². The lowest BCUT2D eigenvalue weighted by atomic mass is 10.0. The van der Waals surface area contributed by atoms with Crippen molar-refractivity contribution in [3.05, 3.63) is 35.9 Å². The predicted octanol–water partition coefficient (Wildman–Crippen LogP) is 4.54. The van der Waals surface area contributed by atoms with Crippen LogP contribution >= 0.6 is 0 Å². The lowest BCUT2D eigenvalue weighted by molar-refractivity contribution is -0.148. The highest BCUT2D eigenvalue weighted by atomic mass is 16.5. The van der Waals surface area contributed by atoms with Gasteiger partial charge in [0.05, 0.1) is 0 Å². The summed E-state index contributed by atoms with van der Waals surface area (Å²) in [6.45, 7) is 2.04. The van der Waals surface area contributed by atoms with Crippen LogP contribution in [0.15, 0.2) is 30.3 Å². The van der Waals surface area contributed by atoms with Crippen LogP contribution in [-0.4, -0.2) is 23.7 Å². The Hall–Kier alpha value is -2.28. The van der Waals surface area contributed by atoms with E-state index >= 15 is 0 Å². The van der Waals surface area contributed by atoms with E-state index in [1.807, 2.05) is 6.07 Å². The van der Waals surface area contributed by atoms with Gasteiger partial charge in [-0.05, 0) is 24.8 Å². The van der Waals surface area contributed by atoms with Gasteiger partial charge < -0.3 is 9.84 Å². The summed E-state index contributed by atoms with van der Waals surface area (Å²) in [5.74, 6) is 4.11. The van der Waals surface area contributed by atoms with E-state index in [0.717, 1.165) is 25.7 Å². The Labute approximate surface area is 150 Å². The number of aliphatic carboxylic acids is 1. The monoisotopic (exact) mass is 344 g/mol. The third kappa shape index (κ3) is 9.56. The van der Waals surface area contributed by atoms with E-state index in [-0.39, 0.29) is 12.6 Å². The average molecular weight is 344 g/mol. The van der Waals surface area contributed by atoms with Crippen LogP contribution in [0.25, 0.3) is 0 Å². The molecule has 136 valence electrons. The third-order valence-electron chi connectivity index (χ3n) is 3.87. The van der Waals surface area contributed by atoms with Gasteiger partial charge >= 0.3 is 11.9 Å². The summed E-state index contributed by atoms with van der Waals surface area (Å²) in [4.78, 5) is 23.1. The number of carboxylic acids is 1. The number of unbranched alkanes of at least 4 members (excludes halogenated alkanes) is 5. The summed E-state index contributed by atoms with van der Waals surface area (Å²) in [5.41, 5.74) is 0.640. The molecular formula is C21H28O4. The third-order valence-corrected chi connectivity index (χ3v) is 3.87. The Morgan fingerprint density at radius 2 is 1.68 bits per heavy atom. The highest BCUT2D eigenvalue weighted by Gasteiger charge is 2.21. The number of ether oxygens (including phenoxy) is 1. The number of carboxylic acid groups (broad SMARTS) is 1. The number of benzene rings is 1. The van der Waals surface area contributed by atoms with Crippen molar-refractivity contribution in [1.29, 1.82) is 0 Å². The number of hydrogen-bond donors (Lipinski definition) is 1. The Morgan fingerprint density at radius 3 is 2.28 bits per heavy atom. The molecule has 0 heterocycles. The van der Waals surface area contributed by atoms with Gasteiger partial charge in [0.15, 0.2) is 0 Å². The molecule has 0 fully saturated rings. The smallest absolute Gasteiger partial charge is 0.314 e. The van der Waals surface area contributed by atoms with Crippen molar-refractivity contribution in [2.75, 3.05) is 6.61 Å². The van der Waals surface area contributed by atoms with Crippen molar-refractivity contribution in [1.82, 2.24) is 0 Å². The number of esters is 1. The van der Waals surface area contributed by atoms with Gasteiger partial charge in [0.1, 0.15) is 12.5 Å². The minimum absolute atomic E-state index is 0.130. The van der Waals surface area contributed by atoms with Gasteiger partial charge in [-0.15, -0.1) is 11.8 Å². The molecule has 1 N–H and O–H groups in total. The molecular weight excluding hydrogens is 316 g/mol. The second-order valence-corrected chi connectivity index (χ2v) is 6.00. The van der Waals surface area contributed by atoms with Crippen LogP contribution in [0.5, 0.6) is 0 Å². The van der Waals surface area contributed by atoms with E-state index in [9.17, 15) is 14.7 Å². The number of hydrogen-bond acceptors (Lipinski definition) is 3. The van der Waals surface area contributed by atoms with Gasteiger partial charge in [-0.1, -0.05) is 50.1 Å². The molecule has 0 aromatic heterocycles. The summed E-state index contributed by atoms with van der Waals surface area (Å²) >= 11 is 0. The number of rotatable bonds is 11. The average Bonchev–Trinajstić information content (AvgIpc) is 2.61. The molecule has 25 heavy (non-hydrogen) atoms. The van der Waals surface area contributed by atoms with Gasteiger partial charge in [-0.25, -0.2) is 0 Å². The van der Waals surface area contributed by atoms with Gasteiger partial charge in [0.2, 0.25) is 0 Å². The highest BCUT2D eigenvalue weighted by molar-refractivity contribution is 5.77. The summed E-state index contributed by atoms with van der Waals surface area (Å²) in [5, 5.41) is 9.28. The van der Waals surface area contributed by atoms with E-state index in [4.69, 9.17) is 4.74 Å². The first-order valence-corrected chi connectivity index (χ1v) is 9.04. The van der Waals surface area contributed by atoms with Crippen LogP contribution in [0.2, 0.25) is 0 Å². The molecule has 0 spiro atoms. The number of carbonyl (C=O) groups is 2. The molecule has 0 saturated heterocycles. The lowest BCUT2D eigenvalue weighted by Crippen LogP contribution is -2.20. The first-order chi connectivity index (χ1) is 12.1. The van der Waals surface area contributed by atoms with Crippen molar-refractivity contribution in [3.63, 3.8) is 0 Å². The quantitative estimate of drug-likeness (QED) is 0.363. The second kappa shape index (κ2) is 13.1. The standard InChI is InChI=1S/C21H28O4/c1-2-3-4-5-6-7-8-9-13-16-20(22)25-17-19(21(23)24)18-14-11-10-12-15-18/h10-12,14-15,19H,2-5,8-9,13,16-17H2,1H3,(H,23,24). The van der Waals surface area contributed by atoms with Gasteiger partial charge in [0, 0.05) is 19.3 Å². The maximum absolute atomic E-state index is 11.8. The molecule has 1 aromatic rings. The van der Waals surface area contributed by atoms with Crippen LogP contribution in [0.1, 0.15) is 69.8 Å². The van der Waals surface area contributed by atoms with E-state index < -0.39 is 11.9 Å². The largest absolute Gasteiger partial charge is 0.481 e. The fourth-order valence-electron chi connectivity index (χ4n) is 2.37. The van der Waals surface area contributed by atoms with Crippen LogP contribution in [-0.2, 0) is 14.3 Å². The Balaban J connectivity index is 2.20. The first-order valence-electron chi connectivity index (χ1n) is 9.04. The zero-order valence-electron chi connectivity index (χ0n) is 15.0. The molecule has 0 aliphatic rings. The minimum Gasteiger partial charge on any atom is -0.481 e. The molecule has 1 atom stereocenters. The summed E-state index contributed by atoms with van der Waals surface area (Å²) < 4.78 is 5.14. The zero-order valence-corrected chi connectivity index (χ0v) is 15.0. The summed E-state index contributed by atoms with van der Waals surface area (Å²) in [6.07, 6.45) is 7.20. The van der Waals surface area contributed by atoms with E-state index in [1.165, 1.54) is 12.8 Å². The fraction of sp³-hybridized carbons (Fsp3) is 0.524. The molecule has 1 unspecified atom stereocenters. The van der Waals surface area contributed by atoms with Crippen LogP contribution in [0.4, 0.5) is 0 Å². The minimum atomic E-state index is -0.989. The SMILES string of the molecule is CCCCCC#CCCCCC(=O)OCC(C(=O)O)c1ccccc1. The highest BCUT2D eigenvalue weighted by Crippen LogP contribution is 2.16. The Morgan fingerprint density at radius 1 is 1.04 bits per heavy atom. The first kappa shape index (κ1) is 20.8. The molecule has 0 amide bonds. The normalized spacial score (nSPS) is 11.2. The lowest BCUT2D eigenvalue weighted by Gasteiger charge is -2.13.